The number of aromatic nitrogens is 3. The van der Waals surface area contributed by atoms with Gasteiger partial charge in [-0.25, -0.2) is 14.1 Å². The number of halogens is 1. The molecule has 1 N–H and O–H groups in total. The molecule has 3 aromatic heterocycles. The van der Waals surface area contributed by atoms with Crippen molar-refractivity contribution in [2.24, 2.45) is 0 Å². The van der Waals surface area contributed by atoms with E-state index in [1.54, 1.807) is 23.0 Å². The molecule has 0 atom stereocenters. The van der Waals surface area contributed by atoms with Crippen molar-refractivity contribution in [3.8, 4) is 5.69 Å². The minimum atomic E-state index is -0.299. The highest BCUT2D eigenvalue weighted by molar-refractivity contribution is 7.20. The number of anilines is 2. The van der Waals surface area contributed by atoms with E-state index in [0.29, 0.717) is 10.6 Å². The predicted molar refractivity (Wildman–Crippen MR) is 126 cm³/mol. The Morgan fingerprint density at radius 2 is 1.84 bits per heavy atom. The van der Waals surface area contributed by atoms with Crippen LogP contribution >= 0.6 is 11.3 Å². The van der Waals surface area contributed by atoms with Crippen molar-refractivity contribution in [1.82, 2.24) is 19.7 Å². The molecule has 1 aliphatic rings. The summed E-state index contributed by atoms with van der Waals surface area (Å²) in [7, 11) is 2.12. The third-order valence-electron chi connectivity index (χ3n) is 5.67. The molecule has 164 valence electrons. The third-order valence-corrected chi connectivity index (χ3v) is 6.78. The van der Waals surface area contributed by atoms with E-state index in [4.69, 9.17) is 0 Å². The Hall–Kier alpha value is -3.30. The van der Waals surface area contributed by atoms with Crippen LogP contribution in [0.25, 0.3) is 15.9 Å². The number of pyridine rings is 1. The highest BCUT2D eigenvalue weighted by Gasteiger charge is 2.18. The Balaban J connectivity index is 1.34. The van der Waals surface area contributed by atoms with Crippen molar-refractivity contribution in [2.75, 3.05) is 43.4 Å². The number of carbonyl (C=O) groups excluding carboxylic acids is 1. The van der Waals surface area contributed by atoms with Crippen LogP contribution in [-0.2, 0) is 0 Å². The van der Waals surface area contributed by atoms with Crippen LogP contribution in [0.2, 0.25) is 0 Å². The lowest BCUT2D eigenvalue weighted by Gasteiger charge is -2.33. The Morgan fingerprint density at radius 3 is 2.53 bits per heavy atom. The normalized spacial score (nSPS) is 14.8. The van der Waals surface area contributed by atoms with Crippen molar-refractivity contribution >= 4 is 39.0 Å². The summed E-state index contributed by atoms with van der Waals surface area (Å²) in [6, 6.07) is 11.8. The van der Waals surface area contributed by atoms with Gasteiger partial charge in [0.15, 0.2) is 0 Å². The number of thiophene rings is 1. The summed E-state index contributed by atoms with van der Waals surface area (Å²) in [5, 5.41) is 8.39. The van der Waals surface area contributed by atoms with Crippen LogP contribution in [0.15, 0.2) is 48.7 Å². The van der Waals surface area contributed by atoms with E-state index in [1.807, 2.05) is 25.1 Å². The van der Waals surface area contributed by atoms with Crippen LogP contribution in [0, 0.1) is 12.7 Å². The largest absolute Gasteiger partial charge is 0.354 e. The summed E-state index contributed by atoms with van der Waals surface area (Å²) in [5.74, 6) is 0.436. The van der Waals surface area contributed by atoms with Crippen LogP contribution in [0.5, 0.6) is 0 Å². The van der Waals surface area contributed by atoms with E-state index in [2.05, 4.69) is 32.2 Å². The molecular formula is C23H23FN6OS. The maximum absolute atomic E-state index is 13.3. The number of hydrogen-bond donors (Lipinski definition) is 1. The molecule has 4 aromatic rings. The SMILES string of the molecule is Cc1nn(-c2ccc(F)cc2)c2sc(C(=O)Nc3ccc(N4CCN(C)CC4)nc3)cc12. The summed E-state index contributed by atoms with van der Waals surface area (Å²) in [6.45, 7) is 5.82. The molecule has 1 aliphatic heterocycles. The Labute approximate surface area is 189 Å². The smallest absolute Gasteiger partial charge is 0.265 e. The second-order valence-corrected chi connectivity index (χ2v) is 8.98. The molecule has 1 saturated heterocycles. The number of piperazine rings is 1. The van der Waals surface area contributed by atoms with Crippen LogP contribution < -0.4 is 10.2 Å². The molecule has 32 heavy (non-hydrogen) atoms. The number of carbonyl (C=O) groups is 1. The third kappa shape index (κ3) is 3.96. The lowest BCUT2D eigenvalue weighted by Crippen LogP contribution is -2.44. The number of nitrogens with one attached hydrogen (secondary N) is 1. The van der Waals surface area contributed by atoms with E-state index in [-0.39, 0.29) is 11.7 Å². The molecule has 0 aliphatic carbocycles. The van der Waals surface area contributed by atoms with Gasteiger partial charge in [0.25, 0.3) is 5.91 Å². The van der Waals surface area contributed by atoms with Gasteiger partial charge in [-0.1, -0.05) is 0 Å². The highest BCUT2D eigenvalue weighted by Crippen LogP contribution is 2.31. The topological polar surface area (TPSA) is 66.3 Å². The molecule has 9 heteroatoms. The number of aryl methyl sites for hydroxylation is 1. The van der Waals surface area contributed by atoms with Crippen molar-refractivity contribution in [3.05, 3.63) is 65.0 Å². The first kappa shape index (κ1) is 20.6. The van der Waals surface area contributed by atoms with Crippen LogP contribution in [0.3, 0.4) is 0 Å². The van der Waals surface area contributed by atoms with Gasteiger partial charge in [-0.2, -0.15) is 5.10 Å². The summed E-state index contributed by atoms with van der Waals surface area (Å²) in [4.78, 5) is 23.4. The molecule has 0 bridgehead atoms. The van der Waals surface area contributed by atoms with Crippen molar-refractivity contribution in [2.45, 2.75) is 6.92 Å². The fourth-order valence-corrected chi connectivity index (χ4v) is 4.87. The van der Waals surface area contributed by atoms with Gasteiger partial charge in [-0.3, -0.25) is 4.79 Å². The maximum atomic E-state index is 13.3. The first-order valence-electron chi connectivity index (χ1n) is 10.4. The number of rotatable bonds is 4. The lowest BCUT2D eigenvalue weighted by atomic mass is 10.3. The van der Waals surface area contributed by atoms with E-state index in [9.17, 15) is 9.18 Å². The van der Waals surface area contributed by atoms with Crippen LogP contribution in [0.4, 0.5) is 15.9 Å². The number of likely N-dealkylation sites (N-methyl/N-ethyl adjacent to an activating group) is 1. The molecule has 7 nitrogen and oxygen atoms in total. The zero-order valence-electron chi connectivity index (χ0n) is 17.9. The van der Waals surface area contributed by atoms with Gasteiger partial charge in [0, 0.05) is 31.6 Å². The second kappa shape index (κ2) is 8.33. The number of benzene rings is 1. The maximum Gasteiger partial charge on any atom is 0.265 e. The second-order valence-electron chi connectivity index (χ2n) is 7.95. The van der Waals surface area contributed by atoms with E-state index in [1.165, 1.54) is 23.5 Å². The fraction of sp³-hybridized carbons (Fsp3) is 0.261. The van der Waals surface area contributed by atoms with Gasteiger partial charge in [0.05, 0.1) is 28.1 Å². The first-order valence-corrected chi connectivity index (χ1v) is 11.3. The highest BCUT2D eigenvalue weighted by atomic mass is 32.1. The molecule has 1 amide bonds. The Kier molecular flexibility index (Phi) is 5.36. The van der Waals surface area contributed by atoms with Crippen molar-refractivity contribution in [3.63, 3.8) is 0 Å². The van der Waals surface area contributed by atoms with Gasteiger partial charge in [-0.05, 0) is 56.4 Å². The number of amides is 1. The van der Waals surface area contributed by atoms with Crippen molar-refractivity contribution < 1.29 is 9.18 Å². The summed E-state index contributed by atoms with van der Waals surface area (Å²) >= 11 is 1.36. The summed E-state index contributed by atoms with van der Waals surface area (Å²) in [6.07, 6.45) is 1.70. The Morgan fingerprint density at radius 1 is 1.09 bits per heavy atom. The Bertz CT molecular complexity index is 1260. The number of fused-ring (bicyclic) bond motifs is 1. The van der Waals surface area contributed by atoms with Gasteiger partial charge < -0.3 is 15.1 Å². The number of hydrogen-bond acceptors (Lipinski definition) is 6. The minimum Gasteiger partial charge on any atom is -0.354 e. The summed E-state index contributed by atoms with van der Waals surface area (Å²) in [5.41, 5.74) is 2.22. The first-order chi connectivity index (χ1) is 15.5. The molecule has 0 spiro atoms. The molecule has 0 unspecified atom stereocenters. The van der Waals surface area contributed by atoms with E-state index < -0.39 is 0 Å². The average molecular weight is 451 g/mol. The van der Waals surface area contributed by atoms with Gasteiger partial charge in [0.2, 0.25) is 0 Å². The van der Waals surface area contributed by atoms with Crippen molar-refractivity contribution in [1.29, 1.82) is 0 Å². The van der Waals surface area contributed by atoms with Crippen LogP contribution in [-0.4, -0.2) is 58.8 Å². The van der Waals surface area contributed by atoms with Crippen LogP contribution in [0.1, 0.15) is 15.4 Å². The van der Waals surface area contributed by atoms with Gasteiger partial charge in [-0.15, -0.1) is 11.3 Å². The van der Waals surface area contributed by atoms with E-state index >= 15 is 0 Å². The summed E-state index contributed by atoms with van der Waals surface area (Å²) < 4.78 is 15.0. The predicted octanol–water partition coefficient (Wildman–Crippen LogP) is 3.93. The quantitative estimate of drug-likeness (QED) is 0.510. The van der Waals surface area contributed by atoms with Gasteiger partial charge in [0.1, 0.15) is 16.5 Å². The molecule has 1 fully saturated rings. The zero-order chi connectivity index (χ0) is 22.2. The molecular weight excluding hydrogens is 427 g/mol. The molecule has 4 heterocycles. The molecule has 0 radical (unpaired) electrons. The molecule has 5 rings (SSSR count). The molecule has 1 aromatic carbocycles. The zero-order valence-corrected chi connectivity index (χ0v) is 18.7. The monoisotopic (exact) mass is 450 g/mol. The lowest BCUT2D eigenvalue weighted by molar-refractivity contribution is 0.103. The molecule has 0 saturated carbocycles. The van der Waals surface area contributed by atoms with E-state index in [0.717, 1.165) is 53.6 Å². The fourth-order valence-electron chi connectivity index (χ4n) is 3.79. The number of nitrogens with zero attached hydrogens (tertiary/aromatic N) is 5. The minimum absolute atomic E-state index is 0.189. The average Bonchev–Trinajstić information content (AvgIpc) is 3.36. The standard InChI is InChI=1S/C23H23FN6OS/c1-15-19-13-20(32-23(19)30(27-15)18-6-3-16(24)4-7-18)22(31)26-17-5-8-21(25-14-17)29-11-9-28(2)10-12-29/h3-8,13-14H,9-12H2,1-2H3,(H,26,31). The van der Waals surface area contributed by atoms with Gasteiger partial charge >= 0.3 is 0 Å².